The lowest BCUT2D eigenvalue weighted by Gasteiger charge is -2.25. The van der Waals surface area contributed by atoms with Gasteiger partial charge in [-0.3, -0.25) is 0 Å². The average molecular weight is 587 g/mol. The van der Waals surface area contributed by atoms with E-state index in [1.807, 2.05) is 6.07 Å². The number of benzene rings is 8. The first kappa shape index (κ1) is 25.6. The standard InChI is InChI=1S/C45H30O/c1-45(2)39-25-30-13-6-5-12-29(30)23-38(39)43-37(31-19-18-27-10-3-4-11-28(27)22-31)24-32(26-40(43)45)33-20-21-42-44-35(33)15-9-16-36(44)34-14-7-8-17-41(34)46-42/h3-26H,1-2H3. The Kier molecular flexibility index (Phi) is 5.12. The van der Waals surface area contributed by atoms with Crippen molar-refractivity contribution >= 4 is 32.3 Å². The fourth-order valence-electron chi connectivity index (χ4n) is 8.11. The molecule has 0 N–H and O–H groups in total. The minimum Gasteiger partial charge on any atom is -0.456 e. The minimum atomic E-state index is -0.162. The second-order valence-corrected chi connectivity index (χ2v) is 13.3. The largest absolute Gasteiger partial charge is 0.456 e. The van der Waals surface area contributed by atoms with E-state index in [1.165, 1.54) is 82.4 Å². The summed E-state index contributed by atoms with van der Waals surface area (Å²) in [5.41, 5.74) is 12.7. The van der Waals surface area contributed by atoms with Crippen molar-refractivity contribution in [2.75, 3.05) is 0 Å². The number of rotatable bonds is 2. The Labute approximate surface area is 268 Å². The Balaban J connectivity index is 1.28. The van der Waals surface area contributed by atoms with Crippen LogP contribution < -0.4 is 4.74 Å². The normalized spacial score (nSPS) is 13.8. The molecule has 0 radical (unpaired) electrons. The molecule has 1 aliphatic carbocycles. The first-order valence-corrected chi connectivity index (χ1v) is 16.1. The van der Waals surface area contributed by atoms with Crippen molar-refractivity contribution in [1.82, 2.24) is 0 Å². The summed E-state index contributed by atoms with van der Waals surface area (Å²) in [4.78, 5) is 0. The van der Waals surface area contributed by atoms with E-state index in [2.05, 4.69) is 153 Å². The Morgan fingerprint density at radius 2 is 1.13 bits per heavy atom. The van der Waals surface area contributed by atoms with E-state index in [1.54, 1.807) is 0 Å². The molecule has 8 aromatic carbocycles. The van der Waals surface area contributed by atoms with Crippen LogP contribution in [0.3, 0.4) is 0 Å². The van der Waals surface area contributed by atoms with E-state index in [0.717, 1.165) is 17.1 Å². The van der Waals surface area contributed by atoms with Gasteiger partial charge in [0.2, 0.25) is 0 Å². The average Bonchev–Trinajstić information content (AvgIpc) is 3.32. The molecule has 0 amide bonds. The van der Waals surface area contributed by atoms with Crippen molar-refractivity contribution < 1.29 is 4.74 Å². The highest BCUT2D eigenvalue weighted by atomic mass is 16.5. The topological polar surface area (TPSA) is 9.23 Å². The van der Waals surface area contributed by atoms with Gasteiger partial charge in [-0.2, -0.15) is 0 Å². The van der Waals surface area contributed by atoms with Gasteiger partial charge in [0, 0.05) is 16.4 Å². The molecule has 0 atom stereocenters. The van der Waals surface area contributed by atoms with Gasteiger partial charge >= 0.3 is 0 Å². The molecule has 1 aliphatic heterocycles. The Bertz CT molecular complexity index is 2590. The summed E-state index contributed by atoms with van der Waals surface area (Å²) < 4.78 is 6.46. The Morgan fingerprint density at radius 1 is 0.413 bits per heavy atom. The second kappa shape index (κ2) is 9.19. The van der Waals surface area contributed by atoms with Crippen LogP contribution in [0.1, 0.15) is 25.0 Å². The Hall–Kier alpha value is -5.66. The van der Waals surface area contributed by atoms with Gasteiger partial charge in [0.05, 0.1) is 0 Å². The van der Waals surface area contributed by atoms with E-state index in [9.17, 15) is 0 Å². The summed E-state index contributed by atoms with van der Waals surface area (Å²) in [6.07, 6.45) is 0. The third kappa shape index (κ3) is 3.51. The van der Waals surface area contributed by atoms with Gasteiger partial charge < -0.3 is 4.74 Å². The number of para-hydroxylation sites is 1. The third-order valence-electron chi connectivity index (χ3n) is 10.4. The molecule has 0 aromatic heterocycles. The molecule has 1 heterocycles. The molecule has 0 bridgehead atoms. The summed E-state index contributed by atoms with van der Waals surface area (Å²) in [5, 5.41) is 7.48. The van der Waals surface area contributed by atoms with Crippen molar-refractivity contribution in [3.05, 3.63) is 157 Å². The van der Waals surface area contributed by atoms with Crippen LogP contribution in [0.4, 0.5) is 0 Å². The van der Waals surface area contributed by atoms with Gasteiger partial charge in [0.25, 0.3) is 0 Å². The van der Waals surface area contributed by atoms with Crippen LogP contribution >= 0.6 is 0 Å². The molecule has 0 saturated carbocycles. The first-order valence-electron chi connectivity index (χ1n) is 16.1. The second-order valence-electron chi connectivity index (χ2n) is 13.3. The zero-order valence-corrected chi connectivity index (χ0v) is 25.8. The summed E-state index contributed by atoms with van der Waals surface area (Å²) in [6, 6.07) is 53.5. The Morgan fingerprint density at radius 3 is 1.98 bits per heavy atom. The van der Waals surface area contributed by atoms with Crippen LogP contribution in [-0.4, -0.2) is 0 Å². The number of hydrogen-bond donors (Lipinski definition) is 0. The van der Waals surface area contributed by atoms with Crippen LogP contribution in [0.5, 0.6) is 11.5 Å². The maximum Gasteiger partial charge on any atom is 0.135 e. The highest BCUT2D eigenvalue weighted by molar-refractivity contribution is 6.11. The van der Waals surface area contributed by atoms with Gasteiger partial charge in [-0.05, 0) is 119 Å². The van der Waals surface area contributed by atoms with Gasteiger partial charge in [-0.15, -0.1) is 0 Å². The molecule has 216 valence electrons. The van der Waals surface area contributed by atoms with Crippen molar-refractivity contribution in [3.8, 4) is 56.0 Å². The van der Waals surface area contributed by atoms with Crippen LogP contribution in [0, 0.1) is 0 Å². The summed E-state index contributed by atoms with van der Waals surface area (Å²) >= 11 is 0. The van der Waals surface area contributed by atoms with E-state index in [-0.39, 0.29) is 5.41 Å². The molecule has 1 nitrogen and oxygen atoms in total. The highest BCUT2D eigenvalue weighted by Gasteiger charge is 2.38. The van der Waals surface area contributed by atoms with E-state index in [4.69, 9.17) is 4.74 Å². The maximum atomic E-state index is 6.46. The van der Waals surface area contributed by atoms with Crippen molar-refractivity contribution in [2.45, 2.75) is 19.3 Å². The zero-order valence-electron chi connectivity index (χ0n) is 25.8. The van der Waals surface area contributed by atoms with Crippen LogP contribution in [0.2, 0.25) is 0 Å². The fraction of sp³-hybridized carbons (Fsp3) is 0.0667. The van der Waals surface area contributed by atoms with Crippen molar-refractivity contribution in [2.24, 2.45) is 0 Å². The quantitative estimate of drug-likeness (QED) is 0.196. The molecular formula is C45H30O. The molecule has 2 aliphatic rings. The van der Waals surface area contributed by atoms with Gasteiger partial charge in [-0.1, -0.05) is 117 Å². The summed E-state index contributed by atoms with van der Waals surface area (Å²) in [6.45, 7) is 4.78. The molecule has 10 rings (SSSR count). The molecule has 0 saturated heterocycles. The van der Waals surface area contributed by atoms with Gasteiger partial charge in [0.15, 0.2) is 0 Å². The van der Waals surface area contributed by atoms with Crippen LogP contribution in [-0.2, 0) is 5.41 Å². The number of ether oxygens (including phenoxy) is 1. The molecule has 0 spiro atoms. The molecule has 1 heteroatoms. The summed E-state index contributed by atoms with van der Waals surface area (Å²) in [7, 11) is 0. The van der Waals surface area contributed by atoms with E-state index in [0.29, 0.717) is 0 Å². The third-order valence-corrected chi connectivity index (χ3v) is 10.4. The number of fused-ring (bicyclic) bond motifs is 7. The van der Waals surface area contributed by atoms with Crippen molar-refractivity contribution in [3.63, 3.8) is 0 Å². The van der Waals surface area contributed by atoms with E-state index < -0.39 is 0 Å². The lowest BCUT2D eigenvalue weighted by atomic mass is 9.79. The molecule has 0 fully saturated rings. The smallest absolute Gasteiger partial charge is 0.135 e. The molecule has 0 unspecified atom stereocenters. The minimum absolute atomic E-state index is 0.162. The SMILES string of the molecule is CC1(C)c2cc3ccccc3cc2-c2c(-c3ccc4ccccc4c3)cc(-c3ccc4c5c(cccc35)-c3ccccc3O4)cc21. The highest BCUT2D eigenvalue weighted by Crippen LogP contribution is 2.55. The molecule has 46 heavy (non-hydrogen) atoms. The van der Waals surface area contributed by atoms with Crippen LogP contribution in [0.15, 0.2) is 146 Å². The first-order chi connectivity index (χ1) is 22.5. The lowest BCUT2D eigenvalue weighted by Crippen LogP contribution is -2.15. The lowest BCUT2D eigenvalue weighted by molar-refractivity contribution is 0.487. The predicted octanol–water partition coefficient (Wildman–Crippen LogP) is 12.6. The molecular weight excluding hydrogens is 556 g/mol. The maximum absolute atomic E-state index is 6.46. The summed E-state index contributed by atoms with van der Waals surface area (Å²) in [5.74, 6) is 1.83. The van der Waals surface area contributed by atoms with Crippen LogP contribution in [0.25, 0.3) is 76.8 Å². The predicted molar refractivity (Wildman–Crippen MR) is 193 cm³/mol. The monoisotopic (exact) mass is 586 g/mol. The van der Waals surface area contributed by atoms with E-state index >= 15 is 0 Å². The molecule has 8 aromatic rings. The van der Waals surface area contributed by atoms with Crippen molar-refractivity contribution in [1.29, 1.82) is 0 Å². The van der Waals surface area contributed by atoms with Gasteiger partial charge in [0.1, 0.15) is 11.5 Å². The zero-order chi connectivity index (χ0) is 30.6. The fourth-order valence-corrected chi connectivity index (χ4v) is 8.11. The number of hydrogen-bond acceptors (Lipinski definition) is 1. The van der Waals surface area contributed by atoms with Gasteiger partial charge in [-0.25, -0.2) is 0 Å².